The second-order valence-corrected chi connectivity index (χ2v) is 6.42. The Bertz CT molecular complexity index is 473. The number of carbonyl (C=O) groups is 1. The molecular formula is C15H19Cl2NO. The molecule has 1 atom stereocenters. The van der Waals surface area contributed by atoms with Gasteiger partial charge in [0.05, 0.1) is 11.6 Å². The summed E-state index contributed by atoms with van der Waals surface area (Å²) in [7, 11) is 0. The van der Waals surface area contributed by atoms with E-state index in [4.69, 9.17) is 23.2 Å². The van der Waals surface area contributed by atoms with Crippen molar-refractivity contribution in [2.45, 2.75) is 20.3 Å². The van der Waals surface area contributed by atoms with Gasteiger partial charge in [-0.05, 0) is 43.0 Å². The third kappa shape index (κ3) is 3.71. The quantitative estimate of drug-likeness (QED) is 0.778. The summed E-state index contributed by atoms with van der Waals surface area (Å²) >= 11 is 11.9. The average molecular weight is 300 g/mol. The summed E-state index contributed by atoms with van der Waals surface area (Å²) < 4.78 is 0. The highest BCUT2D eigenvalue weighted by atomic mass is 35.5. The van der Waals surface area contributed by atoms with Crippen molar-refractivity contribution in [3.05, 3.63) is 33.8 Å². The Morgan fingerprint density at radius 3 is 2.74 bits per heavy atom. The Hall–Kier alpha value is -0.570. The van der Waals surface area contributed by atoms with E-state index in [1.807, 2.05) is 0 Å². The Balaban J connectivity index is 1.98. The molecule has 1 aliphatic rings. The third-order valence-electron chi connectivity index (χ3n) is 3.85. The van der Waals surface area contributed by atoms with E-state index in [-0.39, 0.29) is 5.78 Å². The smallest absolute Gasteiger partial charge is 0.178 e. The van der Waals surface area contributed by atoms with Crippen LogP contribution in [0.2, 0.25) is 10.0 Å². The molecule has 0 radical (unpaired) electrons. The molecule has 2 nitrogen and oxygen atoms in total. The fourth-order valence-electron chi connectivity index (χ4n) is 2.55. The number of Topliss-reactive ketones (excluding diaryl/α,β-unsaturated/α-hetero) is 1. The molecule has 2 rings (SSSR count). The largest absolute Gasteiger partial charge is 0.296 e. The fraction of sp³-hybridized carbons (Fsp3) is 0.533. The van der Waals surface area contributed by atoms with Gasteiger partial charge in [0.2, 0.25) is 0 Å². The molecule has 1 unspecified atom stereocenters. The minimum Gasteiger partial charge on any atom is -0.296 e. The molecule has 1 saturated heterocycles. The summed E-state index contributed by atoms with van der Waals surface area (Å²) in [5.41, 5.74) is 0.569. The molecule has 104 valence electrons. The van der Waals surface area contributed by atoms with E-state index in [1.165, 1.54) is 6.42 Å². The van der Waals surface area contributed by atoms with E-state index in [0.717, 1.165) is 13.1 Å². The first-order valence-corrected chi connectivity index (χ1v) is 7.43. The molecule has 0 N–H and O–H groups in total. The number of rotatable bonds is 4. The first-order chi connectivity index (χ1) is 8.97. The van der Waals surface area contributed by atoms with Crippen molar-refractivity contribution in [2.24, 2.45) is 11.8 Å². The number of nitrogens with zero attached hydrogens (tertiary/aromatic N) is 1. The number of halogens is 2. The molecule has 0 spiro atoms. The zero-order valence-corrected chi connectivity index (χ0v) is 12.8. The van der Waals surface area contributed by atoms with Crippen molar-refractivity contribution in [2.75, 3.05) is 19.6 Å². The van der Waals surface area contributed by atoms with Gasteiger partial charge in [-0.2, -0.15) is 0 Å². The van der Waals surface area contributed by atoms with Gasteiger partial charge in [-0.25, -0.2) is 0 Å². The third-order valence-corrected chi connectivity index (χ3v) is 4.40. The SMILES string of the molecule is CC(C)C1CCN(CC(=O)c2ccc(Cl)cc2Cl)C1. The molecule has 1 fully saturated rings. The summed E-state index contributed by atoms with van der Waals surface area (Å²) in [6.45, 7) is 6.94. The lowest BCUT2D eigenvalue weighted by Crippen LogP contribution is -2.28. The Morgan fingerprint density at radius 2 is 2.16 bits per heavy atom. The summed E-state index contributed by atoms with van der Waals surface area (Å²) in [5, 5.41) is 1.000. The standard InChI is InChI=1S/C15H19Cl2NO/c1-10(2)11-5-6-18(8-11)9-15(19)13-4-3-12(16)7-14(13)17/h3-4,7,10-11H,5-6,8-9H2,1-2H3. The molecule has 0 aliphatic carbocycles. The molecule has 1 aromatic rings. The second kappa shape index (κ2) is 6.25. The Morgan fingerprint density at radius 1 is 1.42 bits per heavy atom. The lowest BCUT2D eigenvalue weighted by Gasteiger charge is -2.17. The average Bonchev–Trinajstić information content (AvgIpc) is 2.77. The predicted molar refractivity (Wildman–Crippen MR) is 80.2 cm³/mol. The van der Waals surface area contributed by atoms with Crippen molar-refractivity contribution >= 4 is 29.0 Å². The van der Waals surface area contributed by atoms with Crippen LogP contribution in [0.25, 0.3) is 0 Å². The normalized spacial score (nSPS) is 20.2. The van der Waals surface area contributed by atoms with Crippen LogP contribution in [0.15, 0.2) is 18.2 Å². The van der Waals surface area contributed by atoms with Crippen molar-refractivity contribution in [3.63, 3.8) is 0 Å². The van der Waals surface area contributed by atoms with Gasteiger partial charge in [0.25, 0.3) is 0 Å². The van der Waals surface area contributed by atoms with Crippen LogP contribution in [-0.4, -0.2) is 30.3 Å². The van der Waals surface area contributed by atoms with E-state index < -0.39 is 0 Å². The van der Waals surface area contributed by atoms with Crippen LogP contribution >= 0.6 is 23.2 Å². The van der Waals surface area contributed by atoms with Crippen LogP contribution in [0.3, 0.4) is 0 Å². The van der Waals surface area contributed by atoms with Crippen molar-refractivity contribution in [1.29, 1.82) is 0 Å². The van der Waals surface area contributed by atoms with Crippen molar-refractivity contribution in [1.82, 2.24) is 4.90 Å². The minimum atomic E-state index is 0.0751. The summed E-state index contributed by atoms with van der Waals surface area (Å²) in [6, 6.07) is 5.04. The summed E-state index contributed by atoms with van der Waals surface area (Å²) in [5.74, 6) is 1.46. The van der Waals surface area contributed by atoms with Gasteiger partial charge in [-0.15, -0.1) is 0 Å². The minimum absolute atomic E-state index is 0.0751. The number of ketones is 1. The van der Waals surface area contributed by atoms with E-state index in [2.05, 4.69) is 18.7 Å². The van der Waals surface area contributed by atoms with Crippen molar-refractivity contribution < 1.29 is 4.79 Å². The number of likely N-dealkylation sites (tertiary alicyclic amines) is 1. The van der Waals surface area contributed by atoms with Gasteiger partial charge in [0.15, 0.2) is 5.78 Å². The molecule has 1 heterocycles. The first kappa shape index (κ1) is 14.8. The zero-order valence-electron chi connectivity index (χ0n) is 11.3. The topological polar surface area (TPSA) is 20.3 Å². The van der Waals surface area contributed by atoms with Crippen LogP contribution in [0, 0.1) is 11.8 Å². The highest BCUT2D eigenvalue weighted by molar-refractivity contribution is 6.36. The number of benzene rings is 1. The zero-order chi connectivity index (χ0) is 14.0. The lowest BCUT2D eigenvalue weighted by atomic mass is 9.95. The molecule has 4 heteroatoms. The van der Waals surface area contributed by atoms with E-state index >= 15 is 0 Å². The maximum Gasteiger partial charge on any atom is 0.178 e. The van der Waals surface area contributed by atoms with Crippen LogP contribution in [0.4, 0.5) is 0 Å². The van der Waals surface area contributed by atoms with Gasteiger partial charge in [-0.1, -0.05) is 37.0 Å². The molecule has 19 heavy (non-hydrogen) atoms. The highest BCUT2D eigenvalue weighted by Crippen LogP contribution is 2.25. The Kier molecular flexibility index (Phi) is 4.88. The monoisotopic (exact) mass is 299 g/mol. The van der Waals surface area contributed by atoms with Crippen LogP contribution in [0.5, 0.6) is 0 Å². The molecule has 1 aliphatic heterocycles. The molecule has 0 aromatic heterocycles. The number of hydrogen-bond acceptors (Lipinski definition) is 2. The van der Waals surface area contributed by atoms with E-state index in [1.54, 1.807) is 18.2 Å². The fourth-order valence-corrected chi connectivity index (χ4v) is 3.07. The van der Waals surface area contributed by atoms with Gasteiger partial charge in [0, 0.05) is 17.1 Å². The maximum atomic E-state index is 12.2. The molecule has 0 amide bonds. The van der Waals surface area contributed by atoms with Crippen molar-refractivity contribution in [3.8, 4) is 0 Å². The van der Waals surface area contributed by atoms with Crippen LogP contribution < -0.4 is 0 Å². The molecular weight excluding hydrogens is 281 g/mol. The first-order valence-electron chi connectivity index (χ1n) is 6.68. The summed E-state index contributed by atoms with van der Waals surface area (Å²) in [4.78, 5) is 14.5. The van der Waals surface area contributed by atoms with Crippen LogP contribution in [-0.2, 0) is 0 Å². The molecule has 0 bridgehead atoms. The second-order valence-electron chi connectivity index (χ2n) is 5.58. The van der Waals surface area contributed by atoms with Gasteiger partial charge in [0.1, 0.15) is 0 Å². The lowest BCUT2D eigenvalue weighted by molar-refractivity contribution is 0.0942. The van der Waals surface area contributed by atoms with Gasteiger partial charge >= 0.3 is 0 Å². The predicted octanol–water partition coefficient (Wildman–Crippen LogP) is 4.15. The highest BCUT2D eigenvalue weighted by Gasteiger charge is 2.26. The molecule has 1 aromatic carbocycles. The summed E-state index contributed by atoms with van der Waals surface area (Å²) in [6.07, 6.45) is 1.18. The Labute approximate surface area is 124 Å². The van der Waals surface area contributed by atoms with E-state index in [0.29, 0.717) is 34.0 Å². The van der Waals surface area contributed by atoms with E-state index in [9.17, 15) is 4.79 Å². The molecule has 0 saturated carbocycles. The number of carbonyl (C=O) groups excluding carboxylic acids is 1. The number of hydrogen-bond donors (Lipinski definition) is 0. The van der Waals surface area contributed by atoms with Crippen LogP contribution in [0.1, 0.15) is 30.6 Å². The maximum absolute atomic E-state index is 12.2. The van der Waals surface area contributed by atoms with Gasteiger partial charge < -0.3 is 0 Å². The van der Waals surface area contributed by atoms with Gasteiger partial charge in [-0.3, -0.25) is 9.69 Å².